The summed E-state index contributed by atoms with van der Waals surface area (Å²) in [6, 6.07) is 1.98. The summed E-state index contributed by atoms with van der Waals surface area (Å²) in [5.41, 5.74) is 2.06. The van der Waals surface area contributed by atoms with Gasteiger partial charge in [0.1, 0.15) is 0 Å². The lowest BCUT2D eigenvalue weighted by Gasteiger charge is -2.11. The van der Waals surface area contributed by atoms with E-state index in [1.807, 2.05) is 11.6 Å². The number of rotatable bonds is 6. The second kappa shape index (κ2) is 7.21. The largest absolute Gasteiger partial charge is 0.355 e. The smallest absolute Gasteiger partial charge is 0.252 e. The fourth-order valence-corrected chi connectivity index (χ4v) is 2.34. The molecule has 124 valence electrons. The van der Waals surface area contributed by atoms with Crippen LogP contribution in [0.25, 0.3) is 11.0 Å². The second-order valence-corrected chi connectivity index (χ2v) is 5.63. The monoisotopic (exact) mass is 317 g/mol. The molecule has 7 nitrogen and oxygen atoms in total. The molecule has 2 N–H and O–H groups in total. The van der Waals surface area contributed by atoms with Crippen LogP contribution in [0.1, 0.15) is 49.3 Å². The minimum Gasteiger partial charge on any atom is -0.355 e. The Morgan fingerprint density at radius 1 is 1.30 bits per heavy atom. The zero-order valence-electron chi connectivity index (χ0n) is 14.0. The normalized spacial score (nSPS) is 12.2. The highest BCUT2D eigenvalue weighted by Gasteiger charge is 2.17. The third kappa shape index (κ3) is 3.85. The van der Waals surface area contributed by atoms with Crippen LogP contribution < -0.4 is 10.6 Å². The first-order chi connectivity index (χ1) is 10.9. The Morgan fingerprint density at radius 2 is 2.00 bits per heavy atom. The highest BCUT2D eigenvalue weighted by Crippen LogP contribution is 2.22. The van der Waals surface area contributed by atoms with Crippen molar-refractivity contribution in [3.05, 3.63) is 23.5 Å². The van der Waals surface area contributed by atoms with Crippen LogP contribution in [0.3, 0.4) is 0 Å². The third-order valence-electron chi connectivity index (χ3n) is 3.73. The molecule has 0 aliphatic heterocycles. The van der Waals surface area contributed by atoms with Gasteiger partial charge >= 0.3 is 0 Å². The lowest BCUT2D eigenvalue weighted by atomic mass is 10.1. The van der Waals surface area contributed by atoms with Gasteiger partial charge in [0.2, 0.25) is 5.91 Å². The molecule has 2 heterocycles. The maximum absolute atomic E-state index is 12.4. The van der Waals surface area contributed by atoms with Gasteiger partial charge in [0.05, 0.1) is 23.2 Å². The Bertz CT molecular complexity index is 723. The van der Waals surface area contributed by atoms with Gasteiger partial charge in [-0.05, 0) is 26.3 Å². The summed E-state index contributed by atoms with van der Waals surface area (Å²) in [5, 5.41) is 10.6. The first-order valence-electron chi connectivity index (χ1n) is 7.81. The average Bonchev–Trinajstić information content (AvgIpc) is 2.93. The van der Waals surface area contributed by atoms with Crippen molar-refractivity contribution in [2.45, 2.75) is 40.2 Å². The molecular weight excluding hydrogens is 294 g/mol. The van der Waals surface area contributed by atoms with E-state index >= 15 is 0 Å². The van der Waals surface area contributed by atoms with E-state index in [0.29, 0.717) is 18.7 Å². The second-order valence-electron chi connectivity index (χ2n) is 5.63. The maximum Gasteiger partial charge on any atom is 0.252 e. The molecule has 0 radical (unpaired) electrons. The van der Waals surface area contributed by atoms with E-state index in [0.717, 1.165) is 23.1 Å². The SMILES string of the molecule is CC[C@H](C)n1ncc2c(C(=O)NCCNC(C)=O)cc(C)nc21. The van der Waals surface area contributed by atoms with Gasteiger partial charge in [0.25, 0.3) is 5.91 Å². The van der Waals surface area contributed by atoms with Crippen molar-refractivity contribution in [1.29, 1.82) is 0 Å². The number of nitrogens with one attached hydrogen (secondary N) is 2. The molecule has 1 atom stereocenters. The van der Waals surface area contributed by atoms with Crippen LogP contribution in [-0.4, -0.2) is 39.7 Å². The van der Waals surface area contributed by atoms with Gasteiger partial charge in [-0.3, -0.25) is 9.59 Å². The number of hydrogen-bond acceptors (Lipinski definition) is 4. The number of fused-ring (bicyclic) bond motifs is 1. The van der Waals surface area contributed by atoms with Crippen LogP contribution in [0.2, 0.25) is 0 Å². The summed E-state index contributed by atoms with van der Waals surface area (Å²) in [5.74, 6) is -0.300. The molecular formula is C16H23N5O2. The van der Waals surface area contributed by atoms with Crippen LogP contribution in [0.4, 0.5) is 0 Å². The topological polar surface area (TPSA) is 88.9 Å². The summed E-state index contributed by atoms with van der Waals surface area (Å²) in [6.45, 7) is 8.25. The van der Waals surface area contributed by atoms with Crippen LogP contribution in [-0.2, 0) is 4.79 Å². The quantitative estimate of drug-likeness (QED) is 0.792. The average molecular weight is 317 g/mol. The van der Waals surface area contributed by atoms with Gasteiger partial charge in [0, 0.05) is 25.7 Å². The fraction of sp³-hybridized carbons (Fsp3) is 0.500. The van der Waals surface area contributed by atoms with Gasteiger partial charge in [-0.2, -0.15) is 5.10 Å². The Hall–Kier alpha value is -2.44. The fourth-order valence-electron chi connectivity index (χ4n) is 2.34. The minimum absolute atomic E-state index is 0.115. The highest BCUT2D eigenvalue weighted by atomic mass is 16.2. The lowest BCUT2D eigenvalue weighted by Crippen LogP contribution is -2.33. The van der Waals surface area contributed by atoms with Gasteiger partial charge in [-0.25, -0.2) is 9.67 Å². The van der Waals surface area contributed by atoms with Crippen LogP contribution in [0, 0.1) is 6.92 Å². The van der Waals surface area contributed by atoms with E-state index in [9.17, 15) is 9.59 Å². The molecule has 0 unspecified atom stereocenters. The van der Waals surface area contributed by atoms with E-state index in [4.69, 9.17) is 0 Å². The molecule has 0 bridgehead atoms. The summed E-state index contributed by atoms with van der Waals surface area (Å²) < 4.78 is 1.86. The first-order valence-corrected chi connectivity index (χ1v) is 7.81. The predicted octanol–water partition coefficient (Wildman–Crippen LogP) is 1.58. The van der Waals surface area contributed by atoms with E-state index in [2.05, 4.69) is 34.6 Å². The van der Waals surface area contributed by atoms with E-state index in [1.54, 1.807) is 12.3 Å². The summed E-state index contributed by atoms with van der Waals surface area (Å²) in [6.07, 6.45) is 2.63. The summed E-state index contributed by atoms with van der Waals surface area (Å²) in [7, 11) is 0. The molecule has 7 heteroatoms. The molecule has 0 saturated heterocycles. The number of amides is 2. The molecule has 2 aromatic rings. The van der Waals surface area contributed by atoms with Crippen molar-refractivity contribution in [1.82, 2.24) is 25.4 Å². The minimum atomic E-state index is -0.186. The number of aryl methyl sites for hydroxylation is 1. The van der Waals surface area contributed by atoms with Crippen molar-refractivity contribution in [3.63, 3.8) is 0 Å². The molecule has 0 fully saturated rings. The number of carbonyl (C=O) groups is 2. The van der Waals surface area contributed by atoms with Crippen molar-refractivity contribution in [2.24, 2.45) is 0 Å². The molecule has 0 saturated carbocycles. The Labute approximate surface area is 135 Å². The molecule has 23 heavy (non-hydrogen) atoms. The van der Waals surface area contributed by atoms with Gasteiger partial charge in [-0.1, -0.05) is 6.92 Å². The third-order valence-corrected chi connectivity index (χ3v) is 3.73. The zero-order valence-corrected chi connectivity index (χ0v) is 14.0. The number of carbonyl (C=O) groups excluding carboxylic acids is 2. The molecule has 0 spiro atoms. The first kappa shape index (κ1) is 16.9. The van der Waals surface area contributed by atoms with Gasteiger partial charge < -0.3 is 10.6 Å². The van der Waals surface area contributed by atoms with E-state index in [1.165, 1.54) is 6.92 Å². The van der Waals surface area contributed by atoms with Gasteiger partial charge in [0.15, 0.2) is 5.65 Å². The molecule has 2 amide bonds. The standard InChI is InChI=1S/C16H23N5O2/c1-5-11(3)21-15-14(9-19-21)13(8-10(2)20-15)16(23)18-7-6-17-12(4)22/h8-9,11H,5-7H2,1-4H3,(H,17,22)(H,18,23)/t11-/m0/s1. The number of pyridine rings is 1. The molecule has 2 aromatic heterocycles. The number of nitrogens with zero attached hydrogens (tertiary/aromatic N) is 3. The van der Waals surface area contributed by atoms with Crippen molar-refractivity contribution in [3.8, 4) is 0 Å². The van der Waals surface area contributed by atoms with Crippen molar-refractivity contribution >= 4 is 22.8 Å². The van der Waals surface area contributed by atoms with E-state index in [-0.39, 0.29) is 17.9 Å². The summed E-state index contributed by atoms with van der Waals surface area (Å²) in [4.78, 5) is 27.8. The predicted molar refractivity (Wildman–Crippen MR) is 88.3 cm³/mol. The molecule has 2 rings (SSSR count). The van der Waals surface area contributed by atoms with Crippen LogP contribution >= 0.6 is 0 Å². The zero-order chi connectivity index (χ0) is 17.0. The number of aromatic nitrogens is 3. The van der Waals surface area contributed by atoms with E-state index < -0.39 is 0 Å². The number of hydrogen-bond donors (Lipinski definition) is 2. The van der Waals surface area contributed by atoms with Crippen molar-refractivity contribution < 1.29 is 9.59 Å². The van der Waals surface area contributed by atoms with Crippen LogP contribution in [0.15, 0.2) is 12.3 Å². The molecule has 0 aliphatic rings. The maximum atomic E-state index is 12.4. The lowest BCUT2D eigenvalue weighted by molar-refractivity contribution is -0.118. The Morgan fingerprint density at radius 3 is 2.65 bits per heavy atom. The van der Waals surface area contributed by atoms with Crippen LogP contribution in [0.5, 0.6) is 0 Å². The van der Waals surface area contributed by atoms with Crippen molar-refractivity contribution in [2.75, 3.05) is 13.1 Å². The highest BCUT2D eigenvalue weighted by molar-refractivity contribution is 6.05. The Kier molecular flexibility index (Phi) is 5.31. The molecule has 0 aliphatic carbocycles. The molecule has 0 aromatic carbocycles. The van der Waals surface area contributed by atoms with Gasteiger partial charge in [-0.15, -0.1) is 0 Å². The Balaban J connectivity index is 2.24. The summed E-state index contributed by atoms with van der Waals surface area (Å²) >= 11 is 0.